The Kier molecular flexibility index (Phi) is 5.36. The molecule has 2 aromatic carbocycles. The number of ether oxygens (including phenoxy) is 2. The van der Waals surface area contributed by atoms with Gasteiger partial charge in [-0.3, -0.25) is 0 Å². The highest BCUT2D eigenvalue weighted by molar-refractivity contribution is 6.30. The van der Waals surface area contributed by atoms with Crippen LogP contribution in [0, 0.1) is 0 Å². The van der Waals surface area contributed by atoms with E-state index in [9.17, 15) is 0 Å². The van der Waals surface area contributed by atoms with Gasteiger partial charge in [-0.25, -0.2) is 4.98 Å². The first-order valence-electron chi connectivity index (χ1n) is 7.42. The molecular weight excluding hydrogens is 330 g/mol. The van der Waals surface area contributed by atoms with Crippen molar-refractivity contribution in [2.24, 2.45) is 0 Å². The number of nitrogens with zero attached hydrogens (tertiary/aromatic N) is 1. The minimum absolute atomic E-state index is 0.0585. The van der Waals surface area contributed by atoms with Crippen LogP contribution in [0.5, 0.6) is 11.5 Å². The fourth-order valence-electron chi connectivity index (χ4n) is 2.14. The molecule has 0 aliphatic rings. The van der Waals surface area contributed by atoms with Crippen LogP contribution in [0.4, 0.5) is 0 Å². The van der Waals surface area contributed by atoms with Crippen molar-refractivity contribution in [3.05, 3.63) is 65.6 Å². The Bertz CT molecular complexity index is 803. The van der Waals surface area contributed by atoms with Crippen molar-refractivity contribution < 1.29 is 19.0 Å². The zero-order valence-electron chi connectivity index (χ0n) is 12.8. The quantitative estimate of drug-likeness (QED) is 0.702. The first kappa shape index (κ1) is 16.4. The second-order valence-electron chi connectivity index (χ2n) is 4.94. The van der Waals surface area contributed by atoms with Crippen LogP contribution in [-0.2, 0) is 6.61 Å². The number of hydrogen-bond acceptors (Lipinski definition) is 5. The Morgan fingerprint density at radius 3 is 2.58 bits per heavy atom. The summed E-state index contributed by atoms with van der Waals surface area (Å²) < 4.78 is 16.8. The predicted octanol–water partition coefficient (Wildman–Crippen LogP) is 3.95. The average Bonchev–Trinajstić information content (AvgIpc) is 3.08. The zero-order chi connectivity index (χ0) is 16.8. The summed E-state index contributed by atoms with van der Waals surface area (Å²) >= 11 is 5.98. The van der Waals surface area contributed by atoms with Gasteiger partial charge in [0.2, 0.25) is 5.89 Å². The maximum atomic E-state index is 8.86. The number of benzene rings is 2. The van der Waals surface area contributed by atoms with Crippen molar-refractivity contribution in [1.29, 1.82) is 0 Å². The molecular formula is C18H16ClNO4. The molecule has 0 aliphatic carbocycles. The first-order chi connectivity index (χ1) is 11.8. The number of halogens is 1. The predicted molar refractivity (Wildman–Crippen MR) is 90.3 cm³/mol. The van der Waals surface area contributed by atoms with Gasteiger partial charge in [-0.2, -0.15) is 0 Å². The van der Waals surface area contributed by atoms with Crippen molar-refractivity contribution >= 4 is 11.6 Å². The van der Waals surface area contributed by atoms with Crippen molar-refractivity contribution in [2.75, 3.05) is 13.2 Å². The molecule has 24 heavy (non-hydrogen) atoms. The summed E-state index contributed by atoms with van der Waals surface area (Å²) in [5, 5.41) is 9.49. The second kappa shape index (κ2) is 7.86. The van der Waals surface area contributed by atoms with E-state index in [1.807, 2.05) is 30.3 Å². The number of rotatable bonds is 7. The summed E-state index contributed by atoms with van der Waals surface area (Å²) in [5.41, 5.74) is 0.855. The van der Waals surface area contributed by atoms with Crippen molar-refractivity contribution in [2.45, 2.75) is 6.61 Å². The van der Waals surface area contributed by atoms with Crippen LogP contribution >= 0.6 is 11.6 Å². The molecule has 0 aliphatic heterocycles. The number of aliphatic hydroxyl groups excluding tert-OH is 1. The van der Waals surface area contributed by atoms with Gasteiger partial charge in [0.15, 0.2) is 23.9 Å². The average molecular weight is 346 g/mol. The molecule has 0 unspecified atom stereocenters. The van der Waals surface area contributed by atoms with Gasteiger partial charge in [0.05, 0.1) is 12.8 Å². The highest BCUT2D eigenvalue weighted by atomic mass is 35.5. The lowest BCUT2D eigenvalue weighted by atomic mass is 10.2. The molecule has 0 saturated carbocycles. The van der Waals surface area contributed by atoms with Crippen LogP contribution in [0.15, 0.2) is 59.1 Å². The van der Waals surface area contributed by atoms with Crippen LogP contribution in [0.2, 0.25) is 5.02 Å². The smallest absolute Gasteiger partial charge is 0.232 e. The lowest BCUT2D eigenvalue weighted by molar-refractivity contribution is 0.189. The lowest BCUT2D eigenvalue weighted by Gasteiger charge is -2.10. The molecule has 5 nitrogen and oxygen atoms in total. The Labute approximate surface area is 144 Å². The van der Waals surface area contributed by atoms with Crippen LogP contribution in [0.3, 0.4) is 0 Å². The van der Waals surface area contributed by atoms with E-state index in [0.717, 1.165) is 5.56 Å². The Hall–Kier alpha value is -2.50. The Morgan fingerprint density at radius 2 is 1.83 bits per heavy atom. The summed E-state index contributed by atoms with van der Waals surface area (Å²) in [5.74, 6) is 2.20. The van der Waals surface area contributed by atoms with E-state index in [4.69, 9.17) is 30.6 Å². The molecule has 0 bridgehead atoms. The minimum atomic E-state index is -0.0585. The highest BCUT2D eigenvalue weighted by Crippen LogP contribution is 2.28. The Morgan fingerprint density at radius 1 is 1.04 bits per heavy atom. The van der Waals surface area contributed by atoms with Crippen LogP contribution in [0.25, 0.3) is 11.3 Å². The fourth-order valence-corrected chi connectivity index (χ4v) is 2.33. The van der Waals surface area contributed by atoms with E-state index in [2.05, 4.69) is 4.98 Å². The molecule has 1 N–H and O–H groups in total. The second-order valence-corrected chi connectivity index (χ2v) is 5.37. The molecule has 0 atom stereocenters. The summed E-state index contributed by atoms with van der Waals surface area (Å²) in [6.07, 6.45) is 1.64. The summed E-state index contributed by atoms with van der Waals surface area (Å²) in [4.78, 5) is 4.21. The Balaban J connectivity index is 1.68. The van der Waals surface area contributed by atoms with Crippen LogP contribution in [0.1, 0.15) is 5.89 Å². The van der Waals surface area contributed by atoms with E-state index in [-0.39, 0.29) is 19.8 Å². The third-order valence-electron chi connectivity index (χ3n) is 3.21. The maximum Gasteiger partial charge on any atom is 0.232 e. The van der Waals surface area contributed by atoms with Crippen molar-refractivity contribution in [3.8, 4) is 22.8 Å². The van der Waals surface area contributed by atoms with E-state index in [0.29, 0.717) is 28.2 Å². The number of hydrogen-bond donors (Lipinski definition) is 1. The van der Waals surface area contributed by atoms with Gasteiger partial charge in [0.25, 0.3) is 0 Å². The normalized spacial score (nSPS) is 10.6. The molecule has 0 fully saturated rings. The van der Waals surface area contributed by atoms with Gasteiger partial charge in [-0.15, -0.1) is 0 Å². The number of para-hydroxylation sites is 2. The molecule has 0 saturated heterocycles. The van der Waals surface area contributed by atoms with Gasteiger partial charge in [0, 0.05) is 10.6 Å². The monoisotopic (exact) mass is 345 g/mol. The number of aliphatic hydroxyl groups is 1. The molecule has 1 heterocycles. The molecule has 3 rings (SSSR count). The van der Waals surface area contributed by atoms with Crippen molar-refractivity contribution in [1.82, 2.24) is 4.98 Å². The molecule has 6 heteroatoms. The van der Waals surface area contributed by atoms with Crippen molar-refractivity contribution in [3.63, 3.8) is 0 Å². The molecule has 0 amide bonds. The molecule has 3 aromatic rings. The first-order valence-corrected chi connectivity index (χ1v) is 7.80. The molecule has 124 valence electrons. The maximum absolute atomic E-state index is 8.86. The molecule has 1 aromatic heterocycles. The summed E-state index contributed by atoms with van der Waals surface area (Å²) in [6.45, 7) is 0.315. The van der Waals surface area contributed by atoms with E-state index in [1.165, 1.54) is 0 Å². The number of oxazole rings is 1. The van der Waals surface area contributed by atoms with Gasteiger partial charge < -0.3 is 19.0 Å². The highest BCUT2D eigenvalue weighted by Gasteiger charge is 2.09. The molecule has 0 radical (unpaired) electrons. The third-order valence-corrected chi connectivity index (χ3v) is 3.45. The summed E-state index contributed by atoms with van der Waals surface area (Å²) in [6, 6.07) is 14.6. The van der Waals surface area contributed by atoms with E-state index >= 15 is 0 Å². The zero-order valence-corrected chi connectivity index (χ0v) is 13.6. The standard InChI is InChI=1S/C18H16ClNO4/c19-14-5-3-4-13(10-14)17-11-20-18(24-17)12-23-16-7-2-1-6-15(16)22-9-8-21/h1-7,10-11,21H,8-9,12H2. The molecule has 0 spiro atoms. The SMILES string of the molecule is OCCOc1ccccc1OCc1ncc(-c2cccc(Cl)c2)o1. The van der Waals surface area contributed by atoms with Crippen LogP contribution < -0.4 is 9.47 Å². The topological polar surface area (TPSA) is 64.7 Å². The van der Waals surface area contributed by atoms with Gasteiger partial charge in [0.1, 0.15) is 6.61 Å². The number of aromatic nitrogens is 1. The fraction of sp³-hybridized carbons (Fsp3) is 0.167. The van der Waals surface area contributed by atoms with E-state index < -0.39 is 0 Å². The van der Waals surface area contributed by atoms with Gasteiger partial charge in [-0.1, -0.05) is 35.9 Å². The largest absolute Gasteiger partial charge is 0.487 e. The van der Waals surface area contributed by atoms with E-state index in [1.54, 1.807) is 24.4 Å². The third kappa shape index (κ3) is 4.07. The lowest BCUT2D eigenvalue weighted by Crippen LogP contribution is -2.04. The van der Waals surface area contributed by atoms with Gasteiger partial charge in [-0.05, 0) is 24.3 Å². The van der Waals surface area contributed by atoms with Gasteiger partial charge >= 0.3 is 0 Å². The van der Waals surface area contributed by atoms with Crippen LogP contribution in [-0.4, -0.2) is 23.3 Å². The minimum Gasteiger partial charge on any atom is -0.487 e. The summed E-state index contributed by atoms with van der Waals surface area (Å²) in [7, 11) is 0.